The van der Waals surface area contributed by atoms with Crippen molar-refractivity contribution in [3.05, 3.63) is 0 Å². The van der Waals surface area contributed by atoms with Crippen molar-refractivity contribution in [2.75, 3.05) is 19.9 Å². The molecule has 1 amide bonds. The van der Waals surface area contributed by atoms with E-state index in [0.29, 0.717) is 0 Å². The van der Waals surface area contributed by atoms with E-state index < -0.39 is 35.6 Å². The number of aliphatic imine (C=N–C) groups is 1. The summed E-state index contributed by atoms with van der Waals surface area (Å²) in [5.41, 5.74) is 0. The molecule has 0 aromatic heterocycles. The molecule has 3 aliphatic heterocycles. The molecule has 3 rings (SSSR count). The van der Waals surface area contributed by atoms with Crippen LogP contribution in [0.25, 0.3) is 0 Å². The number of nitrogens with zero attached hydrogens (tertiary/aromatic N) is 3. The Kier molecular flexibility index (Phi) is 5.98. The number of hydrogen-bond acceptors (Lipinski definition) is 7. The minimum atomic E-state index is -0.708. The highest BCUT2D eigenvalue weighted by Gasteiger charge is 2.64. The van der Waals surface area contributed by atoms with Gasteiger partial charge in [-0.25, -0.2) is 4.79 Å². The van der Waals surface area contributed by atoms with Crippen LogP contribution in [-0.4, -0.2) is 76.1 Å². The first kappa shape index (κ1) is 20.0. The van der Waals surface area contributed by atoms with E-state index in [-0.39, 0.29) is 11.3 Å². The number of β-lactam (4-membered cyclic amide) rings is 1. The zero-order chi connectivity index (χ0) is 19.6. The number of esters is 2. The van der Waals surface area contributed by atoms with Gasteiger partial charge in [0.05, 0.1) is 6.34 Å². The summed E-state index contributed by atoms with van der Waals surface area (Å²) >= 11 is 1.56. The molecule has 0 unspecified atom stereocenters. The molecular formula is C18H27N3O5S. The van der Waals surface area contributed by atoms with Crippen molar-refractivity contribution in [1.29, 1.82) is 0 Å². The predicted octanol–water partition coefficient (Wildman–Crippen LogP) is 1.39. The first-order valence-corrected chi connectivity index (χ1v) is 10.3. The topological polar surface area (TPSA) is 88.5 Å². The van der Waals surface area contributed by atoms with Crippen LogP contribution < -0.4 is 0 Å². The highest BCUT2D eigenvalue weighted by Crippen LogP contribution is 2.51. The number of hydrogen-bond donors (Lipinski definition) is 0. The molecule has 0 spiro atoms. The van der Waals surface area contributed by atoms with E-state index in [9.17, 15) is 14.4 Å². The Hall–Kier alpha value is -1.77. The van der Waals surface area contributed by atoms with Crippen molar-refractivity contribution in [3.63, 3.8) is 0 Å². The Labute approximate surface area is 163 Å². The third kappa shape index (κ3) is 4.23. The van der Waals surface area contributed by atoms with Crippen LogP contribution in [0.2, 0.25) is 0 Å². The Balaban J connectivity index is 1.62. The van der Waals surface area contributed by atoms with Gasteiger partial charge in [0.25, 0.3) is 5.91 Å². The summed E-state index contributed by atoms with van der Waals surface area (Å²) < 4.78 is 9.21. The summed E-state index contributed by atoms with van der Waals surface area (Å²) in [6.45, 7) is 6.58. The molecular weight excluding hydrogens is 370 g/mol. The smallest absolute Gasteiger partial charge is 0.333 e. The number of amides is 1. The van der Waals surface area contributed by atoms with E-state index in [2.05, 4.69) is 14.6 Å². The van der Waals surface area contributed by atoms with Gasteiger partial charge in [-0.1, -0.05) is 12.8 Å². The lowest BCUT2D eigenvalue weighted by Crippen LogP contribution is -2.65. The third-order valence-electron chi connectivity index (χ3n) is 5.13. The number of ether oxygens (including phenoxy) is 2. The van der Waals surface area contributed by atoms with Crippen molar-refractivity contribution in [1.82, 2.24) is 9.80 Å². The zero-order valence-corrected chi connectivity index (χ0v) is 16.9. The fourth-order valence-electron chi connectivity index (χ4n) is 3.74. The van der Waals surface area contributed by atoms with Gasteiger partial charge in [-0.15, -0.1) is 11.8 Å². The molecule has 0 saturated carbocycles. The molecule has 3 aliphatic rings. The van der Waals surface area contributed by atoms with Crippen LogP contribution in [0.15, 0.2) is 4.99 Å². The summed E-state index contributed by atoms with van der Waals surface area (Å²) in [7, 11) is 0. The summed E-state index contributed by atoms with van der Waals surface area (Å²) in [6, 6.07) is -1.16. The molecule has 27 heavy (non-hydrogen) atoms. The summed E-state index contributed by atoms with van der Waals surface area (Å²) in [4.78, 5) is 44.2. The summed E-state index contributed by atoms with van der Waals surface area (Å²) in [6.07, 6.45) is 6.59. The second-order valence-electron chi connectivity index (χ2n) is 7.64. The second-order valence-corrected chi connectivity index (χ2v) is 9.41. The van der Waals surface area contributed by atoms with Crippen LogP contribution in [-0.2, 0) is 23.9 Å². The standard InChI is InChI=1S/C18H27N3O5S/c1-12(22)25-11-26-17(24)14-18(2,3)27-16-13(15(23)21(14)16)19-10-20-8-6-4-5-7-9-20/h10,13-14,16H,4-9,11H2,1-3H3/t13-,14+,16-/m1/s1. The lowest BCUT2D eigenvalue weighted by atomic mass is 9.96. The minimum Gasteiger partial charge on any atom is -0.428 e. The number of thioether (sulfide) groups is 1. The number of rotatable bonds is 5. The number of carbonyl (C=O) groups excluding carboxylic acids is 3. The molecule has 0 aromatic rings. The molecule has 0 N–H and O–H groups in total. The van der Waals surface area contributed by atoms with Gasteiger partial charge in [0.2, 0.25) is 6.79 Å². The van der Waals surface area contributed by atoms with Crippen LogP contribution >= 0.6 is 11.8 Å². The van der Waals surface area contributed by atoms with Crippen molar-refractivity contribution < 1.29 is 23.9 Å². The Morgan fingerprint density at radius 2 is 1.89 bits per heavy atom. The highest BCUT2D eigenvalue weighted by molar-refractivity contribution is 8.01. The molecule has 0 bridgehead atoms. The predicted molar refractivity (Wildman–Crippen MR) is 101 cm³/mol. The molecule has 3 saturated heterocycles. The summed E-state index contributed by atoms with van der Waals surface area (Å²) in [5.74, 6) is -1.23. The van der Waals surface area contributed by atoms with Crippen molar-refractivity contribution >= 4 is 35.9 Å². The van der Waals surface area contributed by atoms with Gasteiger partial charge in [0.15, 0.2) is 6.04 Å². The molecule has 0 aliphatic carbocycles. The fourth-order valence-corrected chi connectivity index (χ4v) is 5.35. The number of likely N-dealkylation sites (tertiary alicyclic amines) is 1. The lowest BCUT2D eigenvalue weighted by molar-refractivity contribution is -0.175. The van der Waals surface area contributed by atoms with Crippen LogP contribution in [0, 0.1) is 0 Å². The maximum atomic E-state index is 12.7. The van der Waals surface area contributed by atoms with Crippen LogP contribution in [0.1, 0.15) is 46.5 Å². The van der Waals surface area contributed by atoms with E-state index in [1.807, 2.05) is 20.2 Å². The van der Waals surface area contributed by atoms with E-state index in [4.69, 9.17) is 4.74 Å². The van der Waals surface area contributed by atoms with Crippen LogP contribution in [0.3, 0.4) is 0 Å². The van der Waals surface area contributed by atoms with Gasteiger partial charge in [-0.05, 0) is 26.7 Å². The molecule has 3 atom stereocenters. The second kappa shape index (κ2) is 8.08. The molecule has 3 heterocycles. The minimum absolute atomic E-state index is 0.154. The lowest BCUT2D eigenvalue weighted by Gasteiger charge is -2.41. The van der Waals surface area contributed by atoms with E-state index in [1.54, 1.807) is 16.7 Å². The van der Waals surface area contributed by atoms with Crippen molar-refractivity contribution in [2.24, 2.45) is 4.99 Å². The first-order chi connectivity index (χ1) is 12.8. The molecule has 150 valence electrons. The monoisotopic (exact) mass is 397 g/mol. The number of carbonyl (C=O) groups is 3. The largest absolute Gasteiger partial charge is 0.428 e. The van der Waals surface area contributed by atoms with Crippen molar-refractivity contribution in [2.45, 2.75) is 68.7 Å². The van der Waals surface area contributed by atoms with E-state index in [1.165, 1.54) is 19.8 Å². The maximum absolute atomic E-state index is 12.7. The third-order valence-corrected chi connectivity index (χ3v) is 6.69. The quantitative estimate of drug-likeness (QED) is 0.228. The van der Waals surface area contributed by atoms with E-state index >= 15 is 0 Å². The van der Waals surface area contributed by atoms with Gasteiger partial charge in [0, 0.05) is 24.8 Å². The Morgan fingerprint density at radius 1 is 1.22 bits per heavy atom. The van der Waals surface area contributed by atoms with E-state index in [0.717, 1.165) is 25.9 Å². The zero-order valence-electron chi connectivity index (χ0n) is 16.1. The maximum Gasteiger partial charge on any atom is 0.333 e. The average Bonchev–Trinajstić information content (AvgIpc) is 2.74. The SMILES string of the molecule is CC(=O)OCOC(=O)[C@@H]1N2C(=O)[C@@H](N=CN3CCCCCC3)[C@H]2SC1(C)C. The first-order valence-electron chi connectivity index (χ1n) is 9.38. The normalized spacial score (nSPS) is 29.9. The van der Waals surface area contributed by atoms with Crippen LogP contribution in [0.5, 0.6) is 0 Å². The number of fused-ring (bicyclic) bond motifs is 1. The van der Waals surface area contributed by atoms with Crippen LogP contribution in [0.4, 0.5) is 0 Å². The van der Waals surface area contributed by atoms with Gasteiger partial charge < -0.3 is 19.3 Å². The van der Waals surface area contributed by atoms with Gasteiger partial charge in [-0.2, -0.15) is 0 Å². The highest BCUT2D eigenvalue weighted by atomic mass is 32.2. The molecule has 9 heteroatoms. The van der Waals surface area contributed by atoms with Gasteiger partial charge in [-0.3, -0.25) is 14.6 Å². The Bertz CT molecular complexity index is 630. The average molecular weight is 397 g/mol. The van der Waals surface area contributed by atoms with Gasteiger partial charge >= 0.3 is 11.9 Å². The summed E-state index contributed by atoms with van der Waals surface area (Å²) in [5, 5.41) is -0.165. The van der Waals surface area contributed by atoms with Gasteiger partial charge in [0.1, 0.15) is 11.4 Å². The fraction of sp³-hybridized carbons (Fsp3) is 0.778. The molecule has 0 radical (unpaired) electrons. The Morgan fingerprint density at radius 3 is 2.52 bits per heavy atom. The molecule has 0 aromatic carbocycles. The molecule has 8 nitrogen and oxygen atoms in total. The molecule has 3 fully saturated rings. The van der Waals surface area contributed by atoms with Crippen molar-refractivity contribution in [3.8, 4) is 0 Å².